The van der Waals surface area contributed by atoms with Gasteiger partial charge in [-0.2, -0.15) is 0 Å². The molecule has 0 amide bonds. The molecule has 0 spiro atoms. The number of rotatable bonds is 4. The molecule has 2 rings (SSSR count). The minimum absolute atomic E-state index is 0.0988. The Hall–Kier alpha value is -1.91. The molecule has 0 fully saturated rings. The van der Waals surface area contributed by atoms with Crippen LogP contribution >= 0.6 is 11.6 Å². The number of aryl methyl sites for hydroxylation is 1. The van der Waals surface area contributed by atoms with Crippen LogP contribution in [0, 0.1) is 17.0 Å². The molecule has 0 aromatic heterocycles. The second-order valence-corrected chi connectivity index (χ2v) is 5.19. The van der Waals surface area contributed by atoms with Crippen LogP contribution in [-0.2, 0) is 6.42 Å². The number of nitro groups is 1. The van der Waals surface area contributed by atoms with Crippen LogP contribution in [0.5, 0.6) is 0 Å². The lowest BCUT2D eigenvalue weighted by Crippen LogP contribution is -2.14. The van der Waals surface area contributed by atoms with E-state index in [0.29, 0.717) is 17.0 Å². The first-order valence-corrected chi connectivity index (χ1v) is 6.60. The summed E-state index contributed by atoms with van der Waals surface area (Å²) in [5, 5.41) is 11.6. The Balaban J connectivity index is 2.28. The third-order valence-electron chi connectivity index (χ3n) is 3.12. The molecule has 104 valence electrons. The molecule has 0 bridgehead atoms. The molecule has 4 nitrogen and oxygen atoms in total. The summed E-state index contributed by atoms with van der Waals surface area (Å²) in [6, 6.07) is 11.9. The van der Waals surface area contributed by atoms with Crippen molar-refractivity contribution in [1.29, 1.82) is 0 Å². The zero-order chi connectivity index (χ0) is 14.7. The molecule has 0 aliphatic carbocycles. The van der Waals surface area contributed by atoms with E-state index in [-0.39, 0.29) is 16.7 Å². The maximum absolute atomic E-state index is 11.0. The SMILES string of the molecule is Cc1cc(Cl)cc(C(N)Cc2ccccc2[N+](=O)[O-])c1. The number of para-hydroxylation sites is 1. The topological polar surface area (TPSA) is 69.2 Å². The van der Waals surface area contributed by atoms with Crippen molar-refractivity contribution in [2.45, 2.75) is 19.4 Å². The van der Waals surface area contributed by atoms with Gasteiger partial charge in [0.15, 0.2) is 0 Å². The first-order chi connectivity index (χ1) is 9.47. The standard InChI is InChI=1S/C15H15ClN2O2/c1-10-6-12(8-13(16)7-10)14(17)9-11-4-2-3-5-15(11)18(19)20/h2-8,14H,9,17H2,1H3. The van der Waals surface area contributed by atoms with Crippen LogP contribution in [0.2, 0.25) is 5.02 Å². The molecular formula is C15H15ClN2O2. The fourth-order valence-corrected chi connectivity index (χ4v) is 2.49. The summed E-state index contributed by atoms with van der Waals surface area (Å²) in [5.41, 5.74) is 8.78. The summed E-state index contributed by atoms with van der Waals surface area (Å²) in [6.07, 6.45) is 0.400. The largest absolute Gasteiger partial charge is 0.324 e. The second-order valence-electron chi connectivity index (χ2n) is 4.76. The van der Waals surface area contributed by atoms with Gasteiger partial charge in [-0.25, -0.2) is 0 Å². The van der Waals surface area contributed by atoms with Gasteiger partial charge >= 0.3 is 0 Å². The first kappa shape index (κ1) is 14.5. The predicted molar refractivity (Wildman–Crippen MR) is 79.9 cm³/mol. The fraction of sp³-hybridized carbons (Fsp3) is 0.200. The maximum atomic E-state index is 11.0. The normalized spacial score (nSPS) is 12.2. The molecule has 2 aromatic rings. The van der Waals surface area contributed by atoms with Crippen molar-refractivity contribution >= 4 is 17.3 Å². The number of hydrogen-bond acceptors (Lipinski definition) is 3. The molecule has 2 aromatic carbocycles. The average molecular weight is 291 g/mol. The minimum Gasteiger partial charge on any atom is -0.324 e. The van der Waals surface area contributed by atoms with E-state index in [1.165, 1.54) is 6.07 Å². The van der Waals surface area contributed by atoms with Crippen molar-refractivity contribution in [1.82, 2.24) is 0 Å². The van der Waals surface area contributed by atoms with Crippen LogP contribution in [0.3, 0.4) is 0 Å². The van der Waals surface area contributed by atoms with E-state index in [4.69, 9.17) is 17.3 Å². The molecule has 20 heavy (non-hydrogen) atoms. The van der Waals surface area contributed by atoms with Crippen molar-refractivity contribution in [2.75, 3.05) is 0 Å². The lowest BCUT2D eigenvalue weighted by Gasteiger charge is -2.13. The predicted octanol–water partition coefficient (Wildman–Crippen LogP) is 3.80. The van der Waals surface area contributed by atoms with Gasteiger partial charge in [-0.15, -0.1) is 0 Å². The van der Waals surface area contributed by atoms with Gasteiger partial charge in [0, 0.05) is 22.7 Å². The highest BCUT2D eigenvalue weighted by molar-refractivity contribution is 6.30. The Morgan fingerprint density at radius 2 is 2.00 bits per heavy atom. The van der Waals surface area contributed by atoms with Crippen LogP contribution in [0.4, 0.5) is 5.69 Å². The van der Waals surface area contributed by atoms with E-state index in [1.54, 1.807) is 24.3 Å². The van der Waals surface area contributed by atoms with E-state index in [1.807, 2.05) is 19.1 Å². The molecule has 0 heterocycles. The summed E-state index contributed by atoms with van der Waals surface area (Å²) >= 11 is 6.02. The maximum Gasteiger partial charge on any atom is 0.272 e. The van der Waals surface area contributed by atoms with Crippen molar-refractivity contribution in [3.63, 3.8) is 0 Å². The number of nitrogens with two attached hydrogens (primary N) is 1. The number of benzene rings is 2. The molecule has 0 aliphatic rings. The summed E-state index contributed by atoms with van der Waals surface area (Å²) in [6.45, 7) is 1.94. The Kier molecular flexibility index (Phi) is 4.37. The third-order valence-corrected chi connectivity index (χ3v) is 3.34. The Bertz CT molecular complexity index is 623. The highest BCUT2D eigenvalue weighted by atomic mass is 35.5. The summed E-state index contributed by atoms with van der Waals surface area (Å²) in [7, 11) is 0. The highest BCUT2D eigenvalue weighted by Crippen LogP contribution is 2.25. The first-order valence-electron chi connectivity index (χ1n) is 6.22. The van der Waals surface area contributed by atoms with Gasteiger partial charge in [0.1, 0.15) is 0 Å². The van der Waals surface area contributed by atoms with Gasteiger partial charge < -0.3 is 5.73 Å². The van der Waals surface area contributed by atoms with Gasteiger partial charge in [0.2, 0.25) is 0 Å². The molecule has 0 aliphatic heterocycles. The van der Waals surface area contributed by atoms with Crippen LogP contribution in [-0.4, -0.2) is 4.92 Å². The number of halogens is 1. The highest BCUT2D eigenvalue weighted by Gasteiger charge is 2.16. The van der Waals surface area contributed by atoms with Crippen molar-refractivity contribution in [3.8, 4) is 0 Å². The zero-order valence-electron chi connectivity index (χ0n) is 11.0. The smallest absolute Gasteiger partial charge is 0.272 e. The van der Waals surface area contributed by atoms with Crippen molar-refractivity contribution < 1.29 is 4.92 Å². The number of hydrogen-bond donors (Lipinski definition) is 1. The zero-order valence-corrected chi connectivity index (χ0v) is 11.8. The number of nitrogens with zero attached hydrogens (tertiary/aromatic N) is 1. The summed E-state index contributed by atoms with van der Waals surface area (Å²) in [5.74, 6) is 0. The Labute approximate surface area is 122 Å². The fourth-order valence-electron chi connectivity index (χ4n) is 2.20. The summed E-state index contributed by atoms with van der Waals surface area (Å²) in [4.78, 5) is 10.6. The van der Waals surface area contributed by atoms with E-state index >= 15 is 0 Å². The van der Waals surface area contributed by atoms with Crippen molar-refractivity contribution in [2.24, 2.45) is 5.73 Å². The van der Waals surface area contributed by atoms with Crippen LogP contribution in [0.25, 0.3) is 0 Å². The summed E-state index contributed by atoms with van der Waals surface area (Å²) < 4.78 is 0. The van der Waals surface area contributed by atoms with Gasteiger partial charge in [-0.05, 0) is 36.6 Å². The molecule has 0 saturated carbocycles. The molecular weight excluding hydrogens is 276 g/mol. The van der Waals surface area contributed by atoms with E-state index in [9.17, 15) is 10.1 Å². The minimum atomic E-state index is -0.384. The van der Waals surface area contributed by atoms with Gasteiger partial charge in [-0.1, -0.05) is 35.9 Å². The van der Waals surface area contributed by atoms with Crippen LogP contribution in [0.1, 0.15) is 22.7 Å². The number of nitro benzene ring substituents is 1. The van der Waals surface area contributed by atoms with Crippen LogP contribution < -0.4 is 5.73 Å². The molecule has 1 atom stereocenters. The van der Waals surface area contributed by atoms with E-state index < -0.39 is 0 Å². The molecule has 0 radical (unpaired) electrons. The van der Waals surface area contributed by atoms with Crippen molar-refractivity contribution in [3.05, 3.63) is 74.3 Å². The Morgan fingerprint density at radius 3 is 2.65 bits per heavy atom. The van der Waals surface area contributed by atoms with Gasteiger partial charge in [-0.3, -0.25) is 10.1 Å². The third kappa shape index (κ3) is 3.35. The molecule has 5 heteroatoms. The average Bonchev–Trinajstić information content (AvgIpc) is 2.37. The lowest BCUT2D eigenvalue weighted by molar-refractivity contribution is -0.385. The van der Waals surface area contributed by atoms with E-state index in [2.05, 4.69) is 0 Å². The van der Waals surface area contributed by atoms with Gasteiger partial charge in [0.25, 0.3) is 5.69 Å². The van der Waals surface area contributed by atoms with Gasteiger partial charge in [0.05, 0.1) is 4.92 Å². The molecule has 0 saturated heterocycles. The Morgan fingerprint density at radius 1 is 1.30 bits per heavy atom. The van der Waals surface area contributed by atoms with E-state index in [0.717, 1.165) is 11.1 Å². The molecule has 2 N–H and O–H groups in total. The quantitative estimate of drug-likeness (QED) is 0.688. The van der Waals surface area contributed by atoms with Crippen LogP contribution in [0.15, 0.2) is 42.5 Å². The second kappa shape index (κ2) is 6.03. The molecule has 1 unspecified atom stereocenters. The lowest BCUT2D eigenvalue weighted by atomic mass is 9.97. The monoisotopic (exact) mass is 290 g/mol.